The molecule has 8 heteroatoms. The number of carbonyl (C=O) groups excluding carboxylic acids is 2. The SMILES string of the molecule is CCOC(=O)Cc1nn(Cc2ccc(NC(=O)c3cnn(C)c3)cc2)c2ccccc12. The summed E-state index contributed by atoms with van der Waals surface area (Å²) >= 11 is 0. The normalized spacial score (nSPS) is 10.9. The molecule has 0 radical (unpaired) electrons. The van der Waals surface area contributed by atoms with Gasteiger partial charge in [0, 0.05) is 24.3 Å². The van der Waals surface area contributed by atoms with Crippen molar-refractivity contribution in [3.63, 3.8) is 0 Å². The molecule has 4 aromatic rings. The van der Waals surface area contributed by atoms with E-state index in [2.05, 4.69) is 15.5 Å². The average molecular weight is 417 g/mol. The fourth-order valence-electron chi connectivity index (χ4n) is 3.40. The summed E-state index contributed by atoms with van der Waals surface area (Å²) in [6.45, 7) is 2.68. The minimum absolute atomic E-state index is 0.140. The first-order valence-corrected chi connectivity index (χ1v) is 10.0. The Labute approximate surface area is 179 Å². The van der Waals surface area contributed by atoms with Crippen molar-refractivity contribution in [1.82, 2.24) is 19.6 Å². The van der Waals surface area contributed by atoms with Crippen molar-refractivity contribution >= 4 is 28.5 Å². The van der Waals surface area contributed by atoms with E-state index in [-0.39, 0.29) is 18.3 Å². The van der Waals surface area contributed by atoms with Gasteiger partial charge >= 0.3 is 5.97 Å². The van der Waals surface area contributed by atoms with E-state index in [1.54, 1.807) is 24.9 Å². The van der Waals surface area contributed by atoms with E-state index in [9.17, 15) is 9.59 Å². The highest BCUT2D eigenvalue weighted by atomic mass is 16.5. The van der Waals surface area contributed by atoms with Crippen LogP contribution in [0.15, 0.2) is 60.9 Å². The number of fused-ring (bicyclic) bond motifs is 1. The number of para-hydroxylation sites is 1. The number of ether oxygens (including phenoxy) is 1. The van der Waals surface area contributed by atoms with E-state index < -0.39 is 0 Å². The van der Waals surface area contributed by atoms with Crippen molar-refractivity contribution < 1.29 is 14.3 Å². The van der Waals surface area contributed by atoms with Gasteiger partial charge in [0.05, 0.1) is 42.5 Å². The lowest BCUT2D eigenvalue weighted by atomic mass is 10.1. The molecule has 8 nitrogen and oxygen atoms in total. The van der Waals surface area contributed by atoms with E-state index in [4.69, 9.17) is 4.74 Å². The number of aromatic nitrogens is 4. The second-order valence-corrected chi connectivity index (χ2v) is 7.16. The Hall–Kier alpha value is -3.94. The highest BCUT2D eigenvalue weighted by molar-refractivity contribution is 6.03. The molecule has 4 rings (SSSR count). The van der Waals surface area contributed by atoms with Crippen molar-refractivity contribution in [2.24, 2.45) is 7.05 Å². The molecule has 1 N–H and O–H groups in total. The highest BCUT2D eigenvalue weighted by Gasteiger charge is 2.14. The monoisotopic (exact) mass is 417 g/mol. The molecule has 0 bridgehead atoms. The number of aryl methyl sites for hydroxylation is 1. The van der Waals surface area contributed by atoms with Crippen molar-refractivity contribution in [2.75, 3.05) is 11.9 Å². The van der Waals surface area contributed by atoms with Crippen molar-refractivity contribution in [3.05, 3.63) is 77.7 Å². The lowest BCUT2D eigenvalue weighted by Crippen LogP contribution is -2.11. The van der Waals surface area contributed by atoms with Gasteiger partial charge in [0.1, 0.15) is 0 Å². The summed E-state index contributed by atoms with van der Waals surface area (Å²) < 4.78 is 8.54. The van der Waals surface area contributed by atoms with E-state index >= 15 is 0 Å². The predicted octanol–water partition coefficient (Wildman–Crippen LogP) is 3.18. The molecule has 31 heavy (non-hydrogen) atoms. The minimum Gasteiger partial charge on any atom is -0.466 e. The molecule has 0 saturated carbocycles. The molecule has 0 unspecified atom stereocenters. The molecular weight excluding hydrogens is 394 g/mol. The summed E-state index contributed by atoms with van der Waals surface area (Å²) in [6.07, 6.45) is 3.33. The fourth-order valence-corrected chi connectivity index (χ4v) is 3.40. The van der Waals surface area contributed by atoms with E-state index in [0.717, 1.165) is 16.5 Å². The van der Waals surface area contributed by atoms with Gasteiger partial charge in [0.15, 0.2) is 0 Å². The third-order valence-corrected chi connectivity index (χ3v) is 4.86. The number of anilines is 1. The summed E-state index contributed by atoms with van der Waals surface area (Å²) in [5.74, 6) is -0.492. The van der Waals surface area contributed by atoms with Crippen LogP contribution in [-0.4, -0.2) is 38.0 Å². The second-order valence-electron chi connectivity index (χ2n) is 7.16. The van der Waals surface area contributed by atoms with Gasteiger partial charge in [-0.2, -0.15) is 10.2 Å². The van der Waals surface area contributed by atoms with Crippen molar-refractivity contribution in [3.8, 4) is 0 Å². The van der Waals surface area contributed by atoms with Crippen molar-refractivity contribution in [1.29, 1.82) is 0 Å². The number of nitrogens with zero attached hydrogens (tertiary/aromatic N) is 4. The number of benzene rings is 2. The van der Waals surface area contributed by atoms with E-state index in [0.29, 0.717) is 30.1 Å². The van der Waals surface area contributed by atoms with E-state index in [1.165, 1.54) is 6.20 Å². The zero-order valence-electron chi connectivity index (χ0n) is 17.4. The summed E-state index contributed by atoms with van der Waals surface area (Å²) in [4.78, 5) is 24.2. The third-order valence-electron chi connectivity index (χ3n) is 4.86. The zero-order chi connectivity index (χ0) is 21.8. The predicted molar refractivity (Wildman–Crippen MR) is 117 cm³/mol. The maximum Gasteiger partial charge on any atom is 0.311 e. The van der Waals surface area contributed by atoms with Gasteiger partial charge in [-0.05, 0) is 30.7 Å². The molecule has 0 atom stereocenters. The molecule has 0 spiro atoms. The molecule has 1 amide bonds. The van der Waals surface area contributed by atoms with Crippen LogP contribution >= 0.6 is 0 Å². The Morgan fingerprint density at radius 3 is 2.58 bits per heavy atom. The fraction of sp³-hybridized carbons (Fsp3) is 0.217. The van der Waals surface area contributed by atoms with Crippen LogP contribution in [0.5, 0.6) is 0 Å². The molecule has 2 aromatic heterocycles. The molecule has 0 aliphatic carbocycles. The topological polar surface area (TPSA) is 91.0 Å². The van der Waals surface area contributed by atoms with Gasteiger partial charge < -0.3 is 10.1 Å². The minimum atomic E-state index is -0.286. The molecule has 158 valence electrons. The molecule has 2 heterocycles. The Morgan fingerprint density at radius 2 is 1.87 bits per heavy atom. The van der Waals surface area contributed by atoms with Crippen molar-refractivity contribution in [2.45, 2.75) is 19.9 Å². The Bertz CT molecular complexity index is 1220. The largest absolute Gasteiger partial charge is 0.466 e. The number of esters is 1. The Morgan fingerprint density at radius 1 is 1.10 bits per heavy atom. The van der Waals surface area contributed by atoms with Gasteiger partial charge in [-0.15, -0.1) is 0 Å². The van der Waals surface area contributed by atoms with Crippen LogP contribution in [-0.2, 0) is 29.5 Å². The zero-order valence-corrected chi connectivity index (χ0v) is 17.4. The van der Waals surface area contributed by atoms with Crippen LogP contribution in [0.2, 0.25) is 0 Å². The highest BCUT2D eigenvalue weighted by Crippen LogP contribution is 2.21. The van der Waals surface area contributed by atoms with E-state index in [1.807, 2.05) is 53.2 Å². The quantitative estimate of drug-likeness (QED) is 0.467. The van der Waals surface area contributed by atoms with Gasteiger partial charge in [-0.25, -0.2) is 0 Å². The second kappa shape index (κ2) is 8.83. The molecule has 0 aliphatic rings. The number of hydrogen-bond donors (Lipinski definition) is 1. The molecular formula is C23H23N5O3. The first-order chi connectivity index (χ1) is 15.0. The average Bonchev–Trinajstić information content (AvgIpc) is 3.34. The third kappa shape index (κ3) is 4.63. The standard InChI is InChI=1S/C23H23N5O3/c1-3-31-22(29)12-20-19-6-4-5-7-21(19)28(26-20)14-16-8-10-18(11-9-16)25-23(30)17-13-24-27(2)15-17/h4-11,13,15H,3,12,14H2,1-2H3,(H,25,30). The number of carbonyl (C=O) groups is 2. The van der Waals surface area contributed by atoms with Gasteiger partial charge in [-0.3, -0.25) is 19.0 Å². The number of hydrogen-bond acceptors (Lipinski definition) is 5. The summed E-state index contributed by atoms with van der Waals surface area (Å²) in [5.41, 5.74) is 3.88. The van der Waals surface area contributed by atoms with Crippen LogP contribution in [0.3, 0.4) is 0 Å². The molecule has 2 aromatic carbocycles. The first-order valence-electron chi connectivity index (χ1n) is 10.0. The maximum atomic E-state index is 12.3. The first kappa shape index (κ1) is 20.3. The number of nitrogens with one attached hydrogen (secondary N) is 1. The maximum absolute atomic E-state index is 12.3. The van der Waals surface area contributed by atoms with Crippen LogP contribution in [0.4, 0.5) is 5.69 Å². The Kier molecular flexibility index (Phi) is 5.79. The van der Waals surface area contributed by atoms with Crippen LogP contribution < -0.4 is 5.32 Å². The van der Waals surface area contributed by atoms with Crippen LogP contribution in [0.1, 0.15) is 28.5 Å². The number of rotatable bonds is 7. The molecule has 0 saturated heterocycles. The van der Waals surface area contributed by atoms with Crippen LogP contribution in [0.25, 0.3) is 10.9 Å². The molecule has 0 aliphatic heterocycles. The smallest absolute Gasteiger partial charge is 0.311 e. The lowest BCUT2D eigenvalue weighted by Gasteiger charge is -2.07. The number of amides is 1. The van der Waals surface area contributed by atoms with Gasteiger partial charge in [0.25, 0.3) is 5.91 Å². The summed E-state index contributed by atoms with van der Waals surface area (Å²) in [7, 11) is 1.77. The summed E-state index contributed by atoms with van der Waals surface area (Å²) in [6, 6.07) is 15.4. The van der Waals surface area contributed by atoms with Gasteiger partial charge in [-0.1, -0.05) is 30.3 Å². The molecule has 0 fully saturated rings. The summed E-state index contributed by atoms with van der Waals surface area (Å²) in [5, 5.41) is 12.5. The van der Waals surface area contributed by atoms with Crippen LogP contribution in [0, 0.1) is 0 Å². The lowest BCUT2D eigenvalue weighted by molar-refractivity contribution is -0.142. The Balaban J connectivity index is 1.50. The van der Waals surface area contributed by atoms with Gasteiger partial charge in [0.2, 0.25) is 0 Å².